The SMILES string of the molecule is Cn1cc(C(=O)Nc2cc(Oc3ccc(Cl)cc3Cl)cc([N+](=O)[O-])c2)cn1. The lowest BCUT2D eigenvalue weighted by Gasteiger charge is -2.10. The number of anilines is 1. The largest absolute Gasteiger partial charge is 0.455 e. The first kappa shape index (κ1) is 18.7. The van der Waals surface area contributed by atoms with Crippen LogP contribution in [0.5, 0.6) is 11.5 Å². The molecule has 0 saturated carbocycles. The van der Waals surface area contributed by atoms with Crippen LogP contribution in [0, 0.1) is 10.1 Å². The van der Waals surface area contributed by atoms with E-state index in [-0.39, 0.29) is 27.9 Å². The number of hydrogen-bond donors (Lipinski definition) is 1. The third kappa shape index (κ3) is 4.55. The molecule has 0 radical (unpaired) electrons. The van der Waals surface area contributed by atoms with Crippen LogP contribution >= 0.6 is 23.2 Å². The summed E-state index contributed by atoms with van der Waals surface area (Å²) in [5.74, 6) is -0.0555. The highest BCUT2D eigenvalue weighted by molar-refractivity contribution is 6.35. The van der Waals surface area contributed by atoms with Gasteiger partial charge in [0.05, 0.1) is 33.5 Å². The number of nitro benzene ring substituents is 1. The molecule has 3 aromatic rings. The molecule has 2 aromatic carbocycles. The van der Waals surface area contributed by atoms with Crippen molar-refractivity contribution in [1.29, 1.82) is 0 Å². The second-order valence-electron chi connectivity index (χ2n) is 5.51. The molecule has 0 saturated heterocycles. The average molecular weight is 407 g/mol. The summed E-state index contributed by atoms with van der Waals surface area (Å²) in [6.45, 7) is 0. The predicted octanol–water partition coefficient (Wildman–Crippen LogP) is 4.68. The standard InChI is InChI=1S/C17H12Cl2N4O4/c1-22-9-10(8-20-22)17(24)21-12-5-13(23(25)26)7-14(6-12)27-16-3-2-11(18)4-15(16)19/h2-9H,1H3,(H,21,24). The smallest absolute Gasteiger partial charge is 0.275 e. The number of nitro groups is 1. The molecule has 10 heteroatoms. The summed E-state index contributed by atoms with van der Waals surface area (Å²) in [5.41, 5.74) is 0.254. The highest BCUT2D eigenvalue weighted by Crippen LogP contribution is 2.34. The zero-order valence-electron chi connectivity index (χ0n) is 13.8. The Hall–Kier alpha value is -3.10. The van der Waals surface area contributed by atoms with Crippen LogP contribution in [0.1, 0.15) is 10.4 Å². The number of carbonyl (C=O) groups is 1. The van der Waals surface area contributed by atoms with Crippen molar-refractivity contribution in [2.24, 2.45) is 7.05 Å². The van der Waals surface area contributed by atoms with E-state index in [0.717, 1.165) is 0 Å². The Kier molecular flexibility index (Phi) is 5.29. The van der Waals surface area contributed by atoms with E-state index in [1.807, 2.05) is 0 Å². The van der Waals surface area contributed by atoms with Crippen LogP contribution in [-0.2, 0) is 7.05 Å². The molecule has 0 unspecified atom stereocenters. The molecule has 0 aliphatic rings. The number of rotatable bonds is 5. The van der Waals surface area contributed by atoms with E-state index in [1.54, 1.807) is 13.1 Å². The highest BCUT2D eigenvalue weighted by Gasteiger charge is 2.15. The quantitative estimate of drug-likeness (QED) is 0.489. The number of ether oxygens (including phenoxy) is 1. The lowest BCUT2D eigenvalue weighted by molar-refractivity contribution is -0.384. The zero-order valence-corrected chi connectivity index (χ0v) is 15.4. The number of nitrogens with zero attached hydrogens (tertiary/aromatic N) is 3. The fraction of sp³-hybridized carbons (Fsp3) is 0.0588. The van der Waals surface area contributed by atoms with E-state index in [9.17, 15) is 14.9 Å². The van der Waals surface area contributed by atoms with Gasteiger partial charge in [0.2, 0.25) is 0 Å². The van der Waals surface area contributed by atoms with Gasteiger partial charge in [-0.25, -0.2) is 0 Å². The molecule has 0 bridgehead atoms. The summed E-state index contributed by atoms with van der Waals surface area (Å²) in [4.78, 5) is 22.9. The maximum atomic E-state index is 12.3. The molecule has 0 spiro atoms. The highest BCUT2D eigenvalue weighted by atomic mass is 35.5. The summed E-state index contributed by atoms with van der Waals surface area (Å²) < 4.78 is 7.10. The Balaban J connectivity index is 1.90. The minimum absolute atomic E-state index is 0.134. The molecular formula is C17H12Cl2N4O4. The van der Waals surface area contributed by atoms with Gasteiger partial charge in [-0.05, 0) is 18.2 Å². The van der Waals surface area contributed by atoms with E-state index in [0.29, 0.717) is 10.6 Å². The van der Waals surface area contributed by atoms with Crippen molar-refractivity contribution in [2.45, 2.75) is 0 Å². The van der Waals surface area contributed by atoms with Crippen LogP contribution in [0.4, 0.5) is 11.4 Å². The third-order valence-corrected chi connectivity index (χ3v) is 3.98. The summed E-state index contributed by atoms with van der Waals surface area (Å²) in [7, 11) is 1.67. The lowest BCUT2D eigenvalue weighted by atomic mass is 10.2. The van der Waals surface area contributed by atoms with Crippen molar-refractivity contribution in [2.75, 3.05) is 5.32 Å². The van der Waals surface area contributed by atoms with Crippen molar-refractivity contribution in [1.82, 2.24) is 9.78 Å². The molecule has 3 rings (SSSR count). The maximum absolute atomic E-state index is 12.3. The van der Waals surface area contributed by atoms with Crippen molar-refractivity contribution < 1.29 is 14.5 Å². The van der Waals surface area contributed by atoms with Crippen LogP contribution in [0.3, 0.4) is 0 Å². The van der Waals surface area contributed by atoms with Crippen LogP contribution < -0.4 is 10.1 Å². The number of hydrogen-bond acceptors (Lipinski definition) is 5. The van der Waals surface area contributed by atoms with Crippen molar-refractivity contribution in [3.8, 4) is 11.5 Å². The van der Waals surface area contributed by atoms with Gasteiger partial charge in [0.15, 0.2) is 0 Å². The van der Waals surface area contributed by atoms with Gasteiger partial charge in [0.25, 0.3) is 11.6 Å². The Morgan fingerprint density at radius 3 is 2.67 bits per heavy atom. The molecule has 0 aliphatic carbocycles. The summed E-state index contributed by atoms with van der Waals surface area (Å²) in [6, 6.07) is 8.50. The van der Waals surface area contributed by atoms with Crippen LogP contribution in [0.15, 0.2) is 48.8 Å². The molecular weight excluding hydrogens is 395 g/mol. The normalized spacial score (nSPS) is 10.5. The first-order chi connectivity index (χ1) is 12.8. The van der Waals surface area contributed by atoms with E-state index in [2.05, 4.69) is 10.4 Å². The van der Waals surface area contributed by atoms with Gasteiger partial charge < -0.3 is 10.1 Å². The number of amides is 1. The van der Waals surface area contributed by atoms with E-state index >= 15 is 0 Å². The molecule has 1 heterocycles. The monoisotopic (exact) mass is 406 g/mol. The number of aryl methyl sites for hydroxylation is 1. The van der Waals surface area contributed by atoms with Crippen molar-refractivity contribution in [3.63, 3.8) is 0 Å². The minimum atomic E-state index is -0.587. The Morgan fingerprint density at radius 1 is 1.26 bits per heavy atom. The summed E-state index contributed by atoms with van der Waals surface area (Å²) in [5, 5.41) is 18.4. The van der Waals surface area contributed by atoms with Gasteiger partial charge >= 0.3 is 0 Å². The average Bonchev–Trinajstić information content (AvgIpc) is 3.04. The van der Waals surface area contributed by atoms with Crippen molar-refractivity contribution >= 4 is 40.5 Å². The molecule has 138 valence electrons. The summed E-state index contributed by atoms with van der Waals surface area (Å²) in [6.07, 6.45) is 2.91. The molecule has 1 N–H and O–H groups in total. The Morgan fingerprint density at radius 2 is 2.04 bits per heavy atom. The number of benzene rings is 2. The van der Waals surface area contributed by atoms with Gasteiger partial charge in [-0.1, -0.05) is 23.2 Å². The second kappa shape index (κ2) is 7.65. The molecule has 0 atom stereocenters. The molecule has 1 amide bonds. The van der Waals surface area contributed by atoms with Crippen LogP contribution in [0.25, 0.3) is 0 Å². The van der Waals surface area contributed by atoms with Gasteiger partial charge in [0.1, 0.15) is 11.5 Å². The first-order valence-electron chi connectivity index (χ1n) is 7.54. The fourth-order valence-corrected chi connectivity index (χ4v) is 2.69. The number of halogens is 2. The predicted molar refractivity (Wildman–Crippen MR) is 101 cm³/mol. The fourth-order valence-electron chi connectivity index (χ4n) is 2.25. The van der Waals surface area contributed by atoms with Gasteiger partial charge in [-0.15, -0.1) is 0 Å². The molecule has 0 fully saturated rings. The van der Waals surface area contributed by atoms with Crippen LogP contribution in [-0.4, -0.2) is 20.6 Å². The molecule has 0 aliphatic heterocycles. The Labute approximate surface area is 163 Å². The van der Waals surface area contributed by atoms with Gasteiger partial charge in [0, 0.05) is 30.4 Å². The molecule has 27 heavy (non-hydrogen) atoms. The summed E-state index contributed by atoms with van der Waals surface area (Å²) >= 11 is 11.9. The van der Waals surface area contributed by atoms with E-state index < -0.39 is 10.8 Å². The second-order valence-corrected chi connectivity index (χ2v) is 6.35. The maximum Gasteiger partial charge on any atom is 0.275 e. The topological polar surface area (TPSA) is 99.3 Å². The zero-order chi connectivity index (χ0) is 19.6. The lowest BCUT2D eigenvalue weighted by Crippen LogP contribution is -2.11. The van der Waals surface area contributed by atoms with E-state index in [4.69, 9.17) is 27.9 Å². The number of nitrogens with one attached hydrogen (secondary N) is 1. The van der Waals surface area contributed by atoms with E-state index in [1.165, 1.54) is 47.4 Å². The molecule has 1 aromatic heterocycles. The minimum Gasteiger partial charge on any atom is -0.455 e. The van der Waals surface area contributed by atoms with Gasteiger partial charge in [-0.2, -0.15) is 5.10 Å². The van der Waals surface area contributed by atoms with Crippen molar-refractivity contribution in [3.05, 3.63) is 74.5 Å². The number of aromatic nitrogens is 2. The molecule has 8 nitrogen and oxygen atoms in total. The number of non-ortho nitro benzene ring substituents is 1. The first-order valence-corrected chi connectivity index (χ1v) is 8.30. The number of carbonyl (C=O) groups excluding carboxylic acids is 1. The Bertz CT molecular complexity index is 1040. The van der Waals surface area contributed by atoms with Crippen LogP contribution in [0.2, 0.25) is 10.0 Å². The van der Waals surface area contributed by atoms with Gasteiger partial charge in [-0.3, -0.25) is 19.6 Å². The third-order valence-electron chi connectivity index (χ3n) is 3.45.